The van der Waals surface area contributed by atoms with E-state index in [4.69, 9.17) is 5.26 Å². The molecule has 1 amide bonds. The molecule has 1 fully saturated rings. The van der Waals surface area contributed by atoms with Gasteiger partial charge in [0, 0.05) is 13.0 Å². The van der Waals surface area contributed by atoms with Gasteiger partial charge in [-0.2, -0.15) is 18.4 Å². The average Bonchev–Trinajstić information content (AvgIpc) is 2.73. The van der Waals surface area contributed by atoms with Crippen molar-refractivity contribution < 1.29 is 18.0 Å². The fourth-order valence-electron chi connectivity index (χ4n) is 1.72. The van der Waals surface area contributed by atoms with Gasteiger partial charge in [0.1, 0.15) is 17.6 Å². The first-order chi connectivity index (χ1) is 8.90. The first kappa shape index (κ1) is 13.1. The van der Waals surface area contributed by atoms with Crippen LogP contribution in [-0.2, 0) is 11.0 Å². The van der Waals surface area contributed by atoms with Crippen LogP contribution < -0.4 is 10.6 Å². The van der Waals surface area contributed by atoms with Crippen LogP contribution in [0.5, 0.6) is 0 Å². The van der Waals surface area contributed by atoms with E-state index in [-0.39, 0.29) is 29.8 Å². The highest BCUT2D eigenvalue weighted by Crippen LogP contribution is 2.29. The normalized spacial score (nSPS) is 18.8. The van der Waals surface area contributed by atoms with Gasteiger partial charge in [-0.3, -0.25) is 4.79 Å². The molecule has 0 aromatic carbocycles. The zero-order chi connectivity index (χ0) is 14.0. The third kappa shape index (κ3) is 2.93. The maximum Gasteiger partial charge on any atom is 0.433 e. The molecule has 100 valence electrons. The lowest BCUT2D eigenvalue weighted by molar-refractivity contribution is -0.141. The summed E-state index contributed by atoms with van der Waals surface area (Å²) in [7, 11) is 0. The average molecular weight is 270 g/mol. The summed E-state index contributed by atoms with van der Waals surface area (Å²) in [6, 6.07) is 3.21. The Morgan fingerprint density at radius 1 is 1.47 bits per heavy atom. The van der Waals surface area contributed by atoms with Crippen LogP contribution in [0.2, 0.25) is 0 Å². The van der Waals surface area contributed by atoms with Crippen LogP contribution in [0.25, 0.3) is 0 Å². The van der Waals surface area contributed by atoms with Crippen LogP contribution in [0.3, 0.4) is 0 Å². The van der Waals surface area contributed by atoms with Gasteiger partial charge in [-0.05, 0) is 12.1 Å². The number of carbonyl (C=O) groups excluding carboxylic acids is 1. The molecule has 0 aliphatic carbocycles. The van der Waals surface area contributed by atoms with E-state index in [9.17, 15) is 18.0 Å². The number of halogens is 3. The number of nitriles is 1. The van der Waals surface area contributed by atoms with E-state index < -0.39 is 11.9 Å². The number of hydrogen-bond donors (Lipinski definition) is 2. The largest absolute Gasteiger partial charge is 0.433 e. The van der Waals surface area contributed by atoms with E-state index in [2.05, 4.69) is 15.6 Å². The molecular formula is C11H9F3N4O. The molecule has 2 heterocycles. The summed E-state index contributed by atoms with van der Waals surface area (Å²) in [4.78, 5) is 14.4. The van der Waals surface area contributed by atoms with Gasteiger partial charge in [-0.25, -0.2) is 4.98 Å². The number of carbonyl (C=O) groups is 1. The maximum atomic E-state index is 12.5. The highest BCUT2D eigenvalue weighted by molar-refractivity contribution is 5.79. The Morgan fingerprint density at radius 2 is 2.21 bits per heavy atom. The molecule has 1 unspecified atom stereocenters. The number of nitrogens with one attached hydrogen (secondary N) is 2. The van der Waals surface area contributed by atoms with Crippen molar-refractivity contribution in [3.8, 4) is 6.07 Å². The summed E-state index contributed by atoms with van der Waals surface area (Å²) < 4.78 is 37.6. The Labute approximate surface area is 106 Å². The lowest BCUT2D eigenvalue weighted by Gasteiger charge is -2.14. The molecule has 1 aromatic heterocycles. The number of anilines is 1. The molecule has 0 spiro atoms. The molecule has 1 atom stereocenters. The lowest BCUT2D eigenvalue weighted by Crippen LogP contribution is -2.24. The zero-order valence-electron chi connectivity index (χ0n) is 9.58. The fourth-order valence-corrected chi connectivity index (χ4v) is 1.72. The van der Waals surface area contributed by atoms with E-state index in [0.717, 1.165) is 12.1 Å². The minimum Gasteiger partial charge on any atom is -0.364 e. The third-order valence-corrected chi connectivity index (χ3v) is 2.62. The quantitative estimate of drug-likeness (QED) is 0.848. The number of rotatable bonds is 2. The van der Waals surface area contributed by atoms with Crippen molar-refractivity contribution in [3.05, 3.63) is 23.4 Å². The molecule has 2 N–H and O–H groups in total. The summed E-state index contributed by atoms with van der Waals surface area (Å²) in [5.74, 6) is -0.346. The van der Waals surface area contributed by atoms with Gasteiger partial charge in [0.2, 0.25) is 5.91 Å². The Kier molecular flexibility index (Phi) is 3.29. The van der Waals surface area contributed by atoms with Crippen molar-refractivity contribution in [1.82, 2.24) is 10.3 Å². The van der Waals surface area contributed by atoms with E-state index in [1.807, 2.05) is 0 Å². The number of pyridine rings is 1. The summed E-state index contributed by atoms with van der Waals surface area (Å²) in [6.07, 6.45) is -4.43. The Morgan fingerprint density at radius 3 is 2.74 bits per heavy atom. The fraction of sp³-hybridized carbons (Fsp3) is 0.364. The standard InChI is InChI=1S/C11H9F3N4O/c12-11(13,14)8-2-1-6(4-15)10(18-8)17-7-3-9(19)16-5-7/h1-2,7H,3,5H2,(H,16,19)(H,17,18). The van der Waals surface area contributed by atoms with Crippen LogP contribution in [0, 0.1) is 11.3 Å². The van der Waals surface area contributed by atoms with Crippen LogP contribution in [-0.4, -0.2) is 23.5 Å². The number of hydrogen-bond acceptors (Lipinski definition) is 4. The first-order valence-electron chi connectivity index (χ1n) is 5.41. The van der Waals surface area contributed by atoms with Gasteiger partial charge in [-0.15, -0.1) is 0 Å². The van der Waals surface area contributed by atoms with E-state index in [0.29, 0.717) is 6.54 Å². The first-order valence-corrected chi connectivity index (χ1v) is 5.41. The monoisotopic (exact) mass is 270 g/mol. The van der Waals surface area contributed by atoms with Crippen LogP contribution in [0.1, 0.15) is 17.7 Å². The topological polar surface area (TPSA) is 77.8 Å². The molecule has 2 rings (SSSR count). The third-order valence-electron chi connectivity index (χ3n) is 2.62. The van der Waals surface area contributed by atoms with Gasteiger partial charge >= 0.3 is 6.18 Å². The maximum absolute atomic E-state index is 12.5. The molecular weight excluding hydrogens is 261 g/mol. The minimum atomic E-state index is -4.58. The molecule has 8 heteroatoms. The van der Waals surface area contributed by atoms with Crippen molar-refractivity contribution in [2.45, 2.75) is 18.6 Å². The summed E-state index contributed by atoms with van der Waals surface area (Å²) in [5, 5.41) is 14.1. The Bertz CT molecular complexity index is 550. The smallest absolute Gasteiger partial charge is 0.364 e. The SMILES string of the molecule is N#Cc1ccc(C(F)(F)F)nc1NC1CNC(=O)C1. The highest BCUT2D eigenvalue weighted by atomic mass is 19.4. The van der Waals surface area contributed by atoms with Crippen LogP contribution >= 0.6 is 0 Å². The van der Waals surface area contributed by atoms with E-state index >= 15 is 0 Å². The number of nitrogens with zero attached hydrogens (tertiary/aromatic N) is 2. The van der Waals surface area contributed by atoms with Gasteiger partial charge in [0.15, 0.2) is 0 Å². The second-order valence-electron chi connectivity index (χ2n) is 4.05. The van der Waals surface area contributed by atoms with Crippen molar-refractivity contribution in [2.75, 3.05) is 11.9 Å². The van der Waals surface area contributed by atoms with Crippen molar-refractivity contribution in [1.29, 1.82) is 5.26 Å². The molecule has 1 aromatic rings. The Balaban J connectivity index is 2.27. The lowest BCUT2D eigenvalue weighted by atomic mass is 10.2. The molecule has 0 bridgehead atoms. The molecule has 0 radical (unpaired) electrons. The van der Waals surface area contributed by atoms with Crippen molar-refractivity contribution in [3.63, 3.8) is 0 Å². The van der Waals surface area contributed by atoms with E-state index in [1.165, 1.54) is 0 Å². The molecule has 19 heavy (non-hydrogen) atoms. The molecule has 0 saturated carbocycles. The van der Waals surface area contributed by atoms with Gasteiger partial charge in [0.25, 0.3) is 0 Å². The van der Waals surface area contributed by atoms with Crippen molar-refractivity contribution in [2.24, 2.45) is 0 Å². The Hall–Kier alpha value is -2.30. The minimum absolute atomic E-state index is 0.00680. The number of amides is 1. The van der Waals surface area contributed by atoms with Crippen LogP contribution in [0.4, 0.5) is 19.0 Å². The van der Waals surface area contributed by atoms with E-state index in [1.54, 1.807) is 6.07 Å². The molecule has 5 nitrogen and oxygen atoms in total. The van der Waals surface area contributed by atoms with Gasteiger partial charge in [-0.1, -0.05) is 0 Å². The van der Waals surface area contributed by atoms with Crippen LogP contribution in [0.15, 0.2) is 12.1 Å². The van der Waals surface area contributed by atoms with Gasteiger partial charge < -0.3 is 10.6 Å². The predicted octanol–water partition coefficient (Wildman–Crippen LogP) is 1.27. The summed E-state index contributed by atoms with van der Waals surface area (Å²) in [6.45, 7) is 0.293. The molecule has 1 aliphatic heterocycles. The molecule has 1 saturated heterocycles. The van der Waals surface area contributed by atoms with Crippen molar-refractivity contribution >= 4 is 11.7 Å². The second kappa shape index (κ2) is 4.76. The summed E-state index contributed by atoms with van der Waals surface area (Å²) >= 11 is 0. The zero-order valence-corrected chi connectivity index (χ0v) is 9.58. The van der Waals surface area contributed by atoms with Gasteiger partial charge in [0.05, 0.1) is 11.6 Å². The predicted molar refractivity (Wildman–Crippen MR) is 59.0 cm³/mol. The number of aromatic nitrogens is 1. The molecule has 1 aliphatic rings. The highest BCUT2D eigenvalue weighted by Gasteiger charge is 2.33. The number of alkyl halides is 3. The second-order valence-corrected chi connectivity index (χ2v) is 4.05. The summed E-state index contributed by atoms with van der Waals surface area (Å²) in [5.41, 5.74) is -1.07.